The van der Waals surface area contributed by atoms with E-state index in [1.807, 2.05) is 36.1 Å². The summed E-state index contributed by atoms with van der Waals surface area (Å²) in [7, 11) is 0. The Bertz CT molecular complexity index is 647. The minimum Gasteiger partial charge on any atom is -0.450 e. The number of carbonyl (C=O) groups excluding carboxylic acids is 1. The van der Waals surface area contributed by atoms with Crippen LogP contribution in [-0.2, 0) is 0 Å². The highest BCUT2D eigenvalue weighted by Crippen LogP contribution is 2.27. The summed E-state index contributed by atoms with van der Waals surface area (Å²) in [4.78, 5) is 14.5. The summed E-state index contributed by atoms with van der Waals surface area (Å²) in [5.74, 6) is 0.381. The number of amides is 1. The van der Waals surface area contributed by atoms with E-state index >= 15 is 0 Å². The van der Waals surface area contributed by atoms with Crippen molar-refractivity contribution < 1.29 is 9.21 Å². The van der Waals surface area contributed by atoms with Crippen molar-refractivity contribution in [2.24, 2.45) is 0 Å². The van der Waals surface area contributed by atoms with E-state index in [1.54, 1.807) is 0 Å². The van der Waals surface area contributed by atoms with Gasteiger partial charge in [0, 0.05) is 24.5 Å². The molecular weight excluding hydrogens is 332 g/mol. The van der Waals surface area contributed by atoms with Gasteiger partial charge in [0.05, 0.1) is 4.47 Å². The van der Waals surface area contributed by atoms with Crippen LogP contribution in [0, 0.1) is 0 Å². The first-order chi connectivity index (χ1) is 10.2. The molecule has 1 unspecified atom stereocenters. The number of rotatable bonds is 4. The van der Waals surface area contributed by atoms with Gasteiger partial charge in [-0.15, -0.1) is 0 Å². The zero-order chi connectivity index (χ0) is 14.8. The molecule has 2 heterocycles. The van der Waals surface area contributed by atoms with Gasteiger partial charge in [-0.3, -0.25) is 4.79 Å². The topological polar surface area (TPSA) is 45.5 Å². The first-order valence-corrected chi connectivity index (χ1v) is 8.19. The molecule has 1 N–H and O–H groups in total. The maximum absolute atomic E-state index is 12.6. The van der Waals surface area contributed by atoms with Crippen LogP contribution < -0.4 is 5.32 Å². The lowest BCUT2D eigenvalue weighted by atomic mass is 10.2. The van der Waals surface area contributed by atoms with Crippen LogP contribution in [0.3, 0.4) is 0 Å². The quantitative estimate of drug-likeness (QED) is 0.918. The number of hydrogen-bond donors (Lipinski definition) is 1. The number of furan rings is 1. The Kier molecular flexibility index (Phi) is 4.31. The largest absolute Gasteiger partial charge is 0.450 e. The average molecular weight is 351 g/mol. The van der Waals surface area contributed by atoms with Crippen molar-refractivity contribution in [2.75, 3.05) is 19.6 Å². The van der Waals surface area contributed by atoms with E-state index in [2.05, 4.69) is 21.2 Å². The summed E-state index contributed by atoms with van der Waals surface area (Å²) < 4.78 is 6.62. The van der Waals surface area contributed by atoms with Crippen molar-refractivity contribution in [1.29, 1.82) is 0 Å². The predicted octanol–water partition coefficient (Wildman–Crippen LogP) is 3.41. The van der Waals surface area contributed by atoms with E-state index in [0.717, 1.165) is 35.0 Å². The lowest BCUT2D eigenvalue weighted by Gasteiger charge is -2.23. The lowest BCUT2D eigenvalue weighted by molar-refractivity contribution is 0.0721. The molecule has 5 heteroatoms. The number of likely N-dealkylation sites (N-methyl/N-ethyl adjacent to an activating group) is 1. The van der Waals surface area contributed by atoms with Crippen molar-refractivity contribution in [3.8, 4) is 0 Å². The average Bonchev–Trinajstić information content (AvgIpc) is 3.13. The summed E-state index contributed by atoms with van der Waals surface area (Å²) in [5.41, 5.74) is 0.732. The zero-order valence-electron chi connectivity index (χ0n) is 12.1. The molecule has 1 atom stereocenters. The molecule has 21 heavy (non-hydrogen) atoms. The normalized spacial score (nSPS) is 18.3. The number of fused-ring (bicyclic) bond motifs is 1. The van der Waals surface area contributed by atoms with Crippen molar-refractivity contribution >= 4 is 32.8 Å². The highest BCUT2D eigenvalue weighted by molar-refractivity contribution is 9.10. The molecule has 1 aromatic heterocycles. The number of nitrogens with one attached hydrogen (secondary N) is 1. The summed E-state index contributed by atoms with van der Waals surface area (Å²) >= 11 is 3.46. The summed E-state index contributed by atoms with van der Waals surface area (Å²) in [5, 5.41) is 4.38. The minimum absolute atomic E-state index is 0.0331. The highest BCUT2D eigenvalue weighted by atomic mass is 79.9. The first kappa shape index (κ1) is 14.6. The van der Waals surface area contributed by atoms with Crippen LogP contribution >= 0.6 is 15.9 Å². The Morgan fingerprint density at radius 3 is 3.05 bits per heavy atom. The smallest absolute Gasteiger partial charge is 0.289 e. The summed E-state index contributed by atoms with van der Waals surface area (Å²) in [6.07, 6.45) is 2.32. The fourth-order valence-electron chi connectivity index (χ4n) is 2.82. The Morgan fingerprint density at radius 1 is 1.52 bits per heavy atom. The molecule has 2 aromatic rings. The van der Waals surface area contributed by atoms with Crippen LogP contribution in [0.15, 0.2) is 33.2 Å². The van der Waals surface area contributed by atoms with Crippen molar-refractivity contribution in [3.05, 3.63) is 34.5 Å². The van der Waals surface area contributed by atoms with E-state index in [4.69, 9.17) is 4.42 Å². The summed E-state index contributed by atoms with van der Waals surface area (Å²) in [6, 6.07) is 8.05. The molecule has 0 spiro atoms. The van der Waals surface area contributed by atoms with Crippen LogP contribution in [0.5, 0.6) is 0 Å². The third kappa shape index (κ3) is 2.99. The zero-order valence-corrected chi connectivity index (χ0v) is 13.6. The van der Waals surface area contributed by atoms with Gasteiger partial charge >= 0.3 is 0 Å². The molecule has 0 aliphatic carbocycles. The van der Waals surface area contributed by atoms with Gasteiger partial charge in [-0.1, -0.05) is 12.1 Å². The van der Waals surface area contributed by atoms with Crippen LogP contribution in [-0.4, -0.2) is 36.5 Å². The maximum Gasteiger partial charge on any atom is 0.289 e. The molecule has 0 bridgehead atoms. The minimum atomic E-state index is -0.0331. The molecule has 1 amide bonds. The number of benzene rings is 1. The van der Waals surface area contributed by atoms with Crippen LogP contribution in [0.25, 0.3) is 11.0 Å². The van der Waals surface area contributed by atoms with Gasteiger partial charge in [-0.05, 0) is 54.4 Å². The van der Waals surface area contributed by atoms with Gasteiger partial charge in [0.1, 0.15) is 5.58 Å². The molecule has 1 saturated heterocycles. The van der Waals surface area contributed by atoms with E-state index < -0.39 is 0 Å². The van der Waals surface area contributed by atoms with Gasteiger partial charge in [-0.25, -0.2) is 0 Å². The van der Waals surface area contributed by atoms with E-state index in [0.29, 0.717) is 18.3 Å². The Labute approximate surface area is 132 Å². The number of halogens is 1. The number of carbonyl (C=O) groups is 1. The standard InChI is InChI=1S/C16H19BrN2O2/c1-2-19(10-12-6-4-8-18-12)16(20)14-9-11-5-3-7-13(17)15(11)21-14/h3,5,7,9,12,18H,2,4,6,8,10H2,1H3. The lowest BCUT2D eigenvalue weighted by Crippen LogP contribution is -2.40. The predicted molar refractivity (Wildman–Crippen MR) is 86.5 cm³/mol. The Morgan fingerprint density at radius 2 is 2.38 bits per heavy atom. The molecule has 1 fully saturated rings. The van der Waals surface area contributed by atoms with Gasteiger partial charge in [0.25, 0.3) is 5.91 Å². The fraction of sp³-hybridized carbons (Fsp3) is 0.438. The van der Waals surface area contributed by atoms with Crippen molar-refractivity contribution in [2.45, 2.75) is 25.8 Å². The van der Waals surface area contributed by atoms with Gasteiger partial charge in [0.15, 0.2) is 5.76 Å². The number of nitrogens with zero attached hydrogens (tertiary/aromatic N) is 1. The van der Waals surface area contributed by atoms with E-state index in [9.17, 15) is 4.79 Å². The van der Waals surface area contributed by atoms with Crippen LogP contribution in [0.1, 0.15) is 30.3 Å². The van der Waals surface area contributed by atoms with Gasteiger partial charge < -0.3 is 14.6 Å². The monoisotopic (exact) mass is 350 g/mol. The SMILES string of the molecule is CCN(CC1CCCN1)C(=O)c1cc2cccc(Br)c2o1. The third-order valence-corrected chi connectivity index (χ3v) is 4.60. The molecule has 4 nitrogen and oxygen atoms in total. The molecule has 1 aromatic carbocycles. The molecule has 112 valence electrons. The number of para-hydroxylation sites is 1. The Hall–Kier alpha value is -1.33. The molecule has 0 radical (unpaired) electrons. The molecule has 1 aliphatic rings. The molecule has 0 saturated carbocycles. The van der Waals surface area contributed by atoms with Crippen LogP contribution in [0.2, 0.25) is 0 Å². The second-order valence-electron chi connectivity index (χ2n) is 5.41. The second kappa shape index (κ2) is 6.20. The third-order valence-electron chi connectivity index (χ3n) is 3.98. The molecular formula is C16H19BrN2O2. The highest BCUT2D eigenvalue weighted by Gasteiger charge is 2.23. The van der Waals surface area contributed by atoms with Crippen molar-refractivity contribution in [1.82, 2.24) is 10.2 Å². The Balaban J connectivity index is 1.82. The fourth-order valence-corrected chi connectivity index (χ4v) is 3.29. The molecule has 1 aliphatic heterocycles. The summed E-state index contributed by atoms with van der Waals surface area (Å²) in [6.45, 7) is 4.49. The van der Waals surface area contributed by atoms with Gasteiger partial charge in [0.2, 0.25) is 0 Å². The van der Waals surface area contributed by atoms with Crippen molar-refractivity contribution in [3.63, 3.8) is 0 Å². The van der Waals surface area contributed by atoms with E-state index in [-0.39, 0.29) is 5.91 Å². The second-order valence-corrected chi connectivity index (χ2v) is 6.26. The van der Waals surface area contributed by atoms with E-state index in [1.165, 1.54) is 6.42 Å². The maximum atomic E-state index is 12.6. The number of hydrogen-bond acceptors (Lipinski definition) is 3. The first-order valence-electron chi connectivity index (χ1n) is 7.39. The molecule has 3 rings (SSSR count). The van der Waals surface area contributed by atoms with Crippen LogP contribution in [0.4, 0.5) is 0 Å². The van der Waals surface area contributed by atoms with Gasteiger partial charge in [-0.2, -0.15) is 0 Å².